The molecular weight excluding hydrogens is 432 g/mol. The third-order valence-electron chi connectivity index (χ3n) is 6.30. The summed E-state index contributed by atoms with van der Waals surface area (Å²) < 4.78 is 0.954. The Kier molecular flexibility index (Phi) is 4.96. The zero-order chi connectivity index (χ0) is 21.1. The molecule has 4 atom stereocenters. The molecular formula is C23H27BrN2O3. The van der Waals surface area contributed by atoms with E-state index < -0.39 is 23.3 Å². The Hall–Kier alpha value is -1.95. The van der Waals surface area contributed by atoms with Crippen molar-refractivity contribution in [2.75, 3.05) is 11.4 Å². The van der Waals surface area contributed by atoms with Gasteiger partial charge in [0.1, 0.15) is 6.04 Å². The number of halogens is 1. The molecule has 2 saturated heterocycles. The molecule has 154 valence electrons. The number of fused-ring (bicyclic) bond motifs is 5. The number of amides is 2. The number of Topliss-reactive ketones (excluding diaryl/α,β-unsaturated/α-hetero) is 1. The maximum atomic E-state index is 13.6. The number of carbonyl (C=O) groups excluding carboxylic acids is 3. The lowest BCUT2D eigenvalue weighted by Gasteiger charge is -2.38. The molecule has 0 bridgehead atoms. The second-order valence-corrected chi connectivity index (χ2v) is 10.2. The molecule has 0 radical (unpaired) electrons. The Balaban J connectivity index is 1.83. The molecule has 0 aromatic heterocycles. The SMILES string of the molecule is CCCCN1C(=O)[C@@H]2[C@H](C1=O)[C@H](C(=O)C(C)(C)C)N1c3ccc(Br)cc3C=C[C@H]21. The number of unbranched alkanes of at least 4 members (excludes halogenated alkanes) is 1. The van der Waals surface area contributed by atoms with Crippen LogP contribution in [0.25, 0.3) is 6.08 Å². The van der Waals surface area contributed by atoms with Crippen molar-refractivity contribution in [3.8, 4) is 0 Å². The summed E-state index contributed by atoms with van der Waals surface area (Å²) in [6, 6.07) is 5.03. The highest BCUT2D eigenvalue weighted by Gasteiger charge is 2.64. The zero-order valence-corrected chi connectivity index (χ0v) is 18.9. The second-order valence-electron chi connectivity index (χ2n) is 9.25. The fraction of sp³-hybridized carbons (Fsp3) is 0.522. The summed E-state index contributed by atoms with van der Waals surface area (Å²) in [4.78, 5) is 43.6. The molecule has 2 fully saturated rings. The summed E-state index contributed by atoms with van der Waals surface area (Å²) in [7, 11) is 0. The molecule has 4 rings (SSSR count). The Morgan fingerprint density at radius 2 is 1.83 bits per heavy atom. The highest BCUT2D eigenvalue weighted by atomic mass is 79.9. The zero-order valence-electron chi connectivity index (χ0n) is 17.3. The van der Waals surface area contributed by atoms with Gasteiger partial charge in [-0.25, -0.2) is 0 Å². The predicted octanol–water partition coefficient (Wildman–Crippen LogP) is 4.05. The van der Waals surface area contributed by atoms with Crippen LogP contribution < -0.4 is 4.90 Å². The molecule has 3 aliphatic heterocycles. The van der Waals surface area contributed by atoms with E-state index in [1.807, 2.05) is 62.9 Å². The Labute approximate surface area is 180 Å². The van der Waals surface area contributed by atoms with Gasteiger partial charge in [-0.05, 0) is 30.2 Å². The van der Waals surface area contributed by atoms with Gasteiger partial charge < -0.3 is 4.90 Å². The number of anilines is 1. The van der Waals surface area contributed by atoms with Crippen LogP contribution in [0.1, 0.15) is 46.1 Å². The molecule has 5 nitrogen and oxygen atoms in total. The average Bonchev–Trinajstić information content (AvgIpc) is 3.12. The summed E-state index contributed by atoms with van der Waals surface area (Å²) in [5.74, 6) is -1.41. The van der Waals surface area contributed by atoms with Gasteiger partial charge in [0.05, 0.1) is 17.9 Å². The van der Waals surface area contributed by atoms with Crippen molar-refractivity contribution in [2.24, 2.45) is 17.3 Å². The Morgan fingerprint density at radius 1 is 1.14 bits per heavy atom. The fourth-order valence-corrected chi connectivity index (χ4v) is 5.26. The Bertz CT molecular complexity index is 917. The monoisotopic (exact) mass is 458 g/mol. The lowest BCUT2D eigenvalue weighted by atomic mass is 9.79. The van der Waals surface area contributed by atoms with Gasteiger partial charge in [-0.2, -0.15) is 0 Å². The van der Waals surface area contributed by atoms with Gasteiger partial charge in [0.2, 0.25) is 11.8 Å². The van der Waals surface area contributed by atoms with Crippen LogP contribution >= 0.6 is 15.9 Å². The maximum absolute atomic E-state index is 13.6. The number of ketones is 1. The van der Waals surface area contributed by atoms with E-state index in [4.69, 9.17) is 0 Å². The molecule has 6 heteroatoms. The van der Waals surface area contributed by atoms with E-state index in [0.29, 0.717) is 6.54 Å². The van der Waals surface area contributed by atoms with Gasteiger partial charge >= 0.3 is 0 Å². The number of hydrogen-bond donors (Lipinski definition) is 0. The molecule has 3 aliphatic rings. The van der Waals surface area contributed by atoms with Gasteiger partial charge in [0.15, 0.2) is 5.78 Å². The minimum atomic E-state index is -0.627. The highest BCUT2D eigenvalue weighted by Crippen LogP contribution is 2.50. The smallest absolute Gasteiger partial charge is 0.235 e. The number of likely N-dealkylation sites (tertiary alicyclic amines) is 1. The van der Waals surface area contributed by atoms with Crippen LogP contribution in [0.3, 0.4) is 0 Å². The number of carbonyl (C=O) groups is 3. The molecule has 0 aliphatic carbocycles. The van der Waals surface area contributed by atoms with E-state index in [2.05, 4.69) is 15.9 Å². The minimum absolute atomic E-state index is 0.0117. The van der Waals surface area contributed by atoms with Crippen LogP contribution in [0.4, 0.5) is 5.69 Å². The van der Waals surface area contributed by atoms with Gasteiger partial charge in [-0.15, -0.1) is 0 Å². The van der Waals surface area contributed by atoms with Crippen LogP contribution in [0.2, 0.25) is 0 Å². The van der Waals surface area contributed by atoms with E-state index in [0.717, 1.165) is 28.6 Å². The molecule has 2 amide bonds. The standard InChI is InChI=1S/C23H27BrN2O3/c1-5-6-11-25-21(28)17-16-9-7-13-12-14(24)8-10-15(13)26(16)19(18(17)22(25)29)20(27)23(2,3)4/h7-10,12,16-19H,5-6,11H2,1-4H3/t16-,17+,18+,19-/m1/s1. The van der Waals surface area contributed by atoms with E-state index >= 15 is 0 Å². The quantitative estimate of drug-likeness (QED) is 0.638. The number of imide groups is 1. The Morgan fingerprint density at radius 3 is 2.48 bits per heavy atom. The molecule has 1 aromatic rings. The van der Waals surface area contributed by atoms with E-state index in [9.17, 15) is 14.4 Å². The van der Waals surface area contributed by atoms with Crippen molar-refractivity contribution in [3.63, 3.8) is 0 Å². The van der Waals surface area contributed by atoms with Crippen molar-refractivity contribution in [3.05, 3.63) is 34.3 Å². The normalized spacial score (nSPS) is 27.9. The molecule has 29 heavy (non-hydrogen) atoms. The fourth-order valence-electron chi connectivity index (χ4n) is 4.89. The third kappa shape index (κ3) is 3.07. The van der Waals surface area contributed by atoms with Crippen LogP contribution in [0.15, 0.2) is 28.7 Å². The van der Waals surface area contributed by atoms with E-state index in [1.165, 1.54) is 4.90 Å². The summed E-state index contributed by atoms with van der Waals surface area (Å²) >= 11 is 3.50. The number of hydrogen-bond acceptors (Lipinski definition) is 4. The number of nitrogens with zero attached hydrogens (tertiary/aromatic N) is 2. The molecule has 3 heterocycles. The minimum Gasteiger partial charge on any atom is -0.353 e. The second kappa shape index (κ2) is 7.08. The first-order valence-corrected chi connectivity index (χ1v) is 11.1. The summed E-state index contributed by atoms with van der Waals surface area (Å²) in [6.07, 6.45) is 5.70. The van der Waals surface area contributed by atoms with Gasteiger partial charge in [-0.1, -0.05) is 62.2 Å². The summed E-state index contributed by atoms with van der Waals surface area (Å²) in [6.45, 7) is 8.14. The topological polar surface area (TPSA) is 57.7 Å². The van der Waals surface area contributed by atoms with Crippen LogP contribution in [0.5, 0.6) is 0 Å². The molecule has 0 unspecified atom stereocenters. The van der Waals surface area contributed by atoms with Crippen molar-refractivity contribution in [1.29, 1.82) is 0 Å². The van der Waals surface area contributed by atoms with Gasteiger partial charge in [0, 0.05) is 22.1 Å². The molecule has 0 N–H and O–H groups in total. The summed E-state index contributed by atoms with van der Waals surface area (Å²) in [5, 5.41) is 0. The summed E-state index contributed by atoms with van der Waals surface area (Å²) in [5.41, 5.74) is 1.30. The van der Waals surface area contributed by atoms with Gasteiger partial charge in [-0.3, -0.25) is 19.3 Å². The first-order valence-electron chi connectivity index (χ1n) is 10.3. The number of benzene rings is 1. The van der Waals surface area contributed by atoms with Crippen molar-refractivity contribution < 1.29 is 14.4 Å². The van der Waals surface area contributed by atoms with Crippen LogP contribution in [-0.4, -0.2) is 41.1 Å². The van der Waals surface area contributed by atoms with Crippen molar-refractivity contribution in [1.82, 2.24) is 4.90 Å². The molecule has 0 saturated carbocycles. The van der Waals surface area contributed by atoms with Gasteiger partial charge in [0.25, 0.3) is 0 Å². The third-order valence-corrected chi connectivity index (χ3v) is 6.80. The van der Waals surface area contributed by atoms with Crippen molar-refractivity contribution >= 4 is 45.3 Å². The lowest BCUT2D eigenvalue weighted by molar-refractivity contribution is -0.142. The van der Waals surface area contributed by atoms with Crippen molar-refractivity contribution in [2.45, 2.75) is 52.6 Å². The largest absolute Gasteiger partial charge is 0.353 e. The van der Waals surface area contributed by atoms with E-state index in [-0.39, 0.29) is 23.6 Å². The van der Waals surface area contributed by atoms with Crippen LogP contribution in [0, 0.1) is 17.3 Å². The highest BCUT2D eigenvalue weighted by molar-refractivity contribution is 9.10. The maximum Gasteiger partial charge on any atom is 0.235 e. The average molecular weight is 459 g/mol. The lowest BCUT2D eigenvalue weighted by Crippen LogP contribution is -2.51. The first-order chi connectivity index (χ1) is 13.7. The predicted molar refractivity (Wildman–Crippen MR) is 116 cm³/mol. The first kappa shape index (κ1) is 20.3. The molecule has 1 aromatic carbocycles. The van der Waals surface area contributed by atoms with E-state index in [1.54, 1.807) is 0 Å². The molecule has 0 spiro atoms. The number of rotatable bonds is 4. The van der Waals surface area contributed by atoms with Crippen LogP contribution in [-0.2, 0) is 14.4 Å².